The zero-order valence-electron chi connectivity index (χ0n) is 10.8. The molecule has 0 aliphatic carbocycles. The van der Waals surface area contributed by atoms with Crippen LogP contribution in [-0.2, 0) is 4.79 Å². The van der Waals surface area contributed by atoms with Crippen molar-refractivity contribution in [2.45, 2.75) is 13.8 Å². The fourth-order valence-corrected chi connectivity index (χ4v) is 1.48. The number of benzene rings is 1. The van der Waals surface area contributed by atoms with Crippen molar-refractivity contribution in [1.82, 2.24) is 10.6 Å². The molecule has 3 N–H and O–H groups in total. The molecular formula is C13H18N2O3. The van der Waals surface area contributed by atoms with Gasteiger partial charge >= 0.3 is 0 Å². The lowest BCUT2D eigenvalue weighted by atomic mass is 9.92. The third kappa shape index (κ3) is 3.23. The van der Waals surface area contributed by atoms with Gasteiger partial charge in [0.05, 0.1) is 11.0 Å². The molecule has 1 rings (SSSR count). The maximum absolute atomic E-state index is 11.8. The number of nitrogens with one attached hydrogen (secondary N) is 2. The van der Waals surface area contributed by atoms with Gasteiger partial charge in [0.15, 0.2) is 0 Å². The number of hydrogen-bond acceptors (Lipinski definition) is 3. The van der Waals surface area contributed by atoms with Gasteiger partial charge in [-0.3, -0.25) is 9.59 Å². The zero-order valence-corrected chi connectivity index (χ0v) is 10.8. The minimum Gasteiger partial charge on any atom is -0.507 e. The lowest BCUT2D eigenvalue weighted by molar-refractivity contribution is -0.128. The Balaban J connectivity index is 2.68. The molecule has 0 aliphatic rings. The molecule has 0 aliphatic heterocycles. The standard InChI is InChI=1S/C13H18N2O3/c1-13(2,12(18)14-3)8-15-11(17)9-6-4-5-7-10(9)16/h4-7,16H,8H2,1-3H3,(H,14,18)(H,15,17). The van der Waals surface area contributed by atoms with E-state index in [4.69, 9.17) is 0 Å². The Labute approximate surface area is 106 Å². The molecule has 18 heavy (non-hydrogen) atoms. The number of carbonyl (C=O) groups is 2. The summed E-state index contributed by atoms with van der Waals surface area (Å²) in [5.41, 5.74) is -0.500. The van der Waals surface area contributed by atoms with E-state index in [9.17, 15) is 14.7 Å². The van der Waals surface area contributed by atoms with Crippen LogP contribution in [0.4, 0.5) is 0 Å². The van der Waals surface area contributed by atoms with Crippen LogP contribution in [0.3, 0.4) is 0 Å². The molecule has 2 amide bonds. The van der Waals surface area contributed by atoms with Gasteiger partial charge in [-0.2, -0.15) is 0 Å². The van der Waals surface area contributed by atoms with Crippen molar-refractivity contribution >= 4 is 11.8 Å². The lowest BCUT2D eigenvalue weighted by Gasteiger charge is -2.22. The molecule has 0 fully saturated rings. The van der Waals surface area contributed by atoms with Crippen molar-refractivity contribution in [3.63, 3.8) is 0 Å². The van der Waals surface area contributed by atoms with E-state index in [1.807, 2.05) is 0 Å². The SMILES string of the molecule is CNC(=O)C(C)(C)CNC(=O)c1ccccc1O. The summed E-state index contributed by atoms with van der Waals surface area (Å²) < 4.78 is 0. The monoisotopic (exact) mass is 250 g/mol. The van der Waals surface area contributed by atoms with Gasteiger partial charge in [0.1, 0.15) is 5.75 Å². The Bertz CT molecular complexity index is 455. The highest BCUT2D eigenvalue weighted by atomic mass is 16.3. The van der Waals surface area contributed by atoms with E-state index in [1.54, 1.807) is 33.0 Å². The van der Waals surface area contributed by atoms with E-state index >= 15 is 0 Å². The molecule has 0 heterocycles. The quantitative estimate of drug-likeness (QED) is 0.742. The van der Waals surface area contributed by atoms with E-state index in [0.29, 0.717) is 0 Å². The van der Waals surface area contributed by atoms with E-state index in [1.165, 1.54) is 12.1 Å². The van der Waals surface area contributed by atoms with Gasteiger partial charge in [0.2, 0.25) is 5.91 Å². The molecule has 0 saturated carbocycles. The molecule has 0 spiro atoms. The fraction of sp³-hybridized carbons (Fsp3) is 0.385. The minimum absolute atomic E-state index is 0.0762. The Kier molecular flexibility index (Phi) is 4.31. The second kappa shape index (κ2) is 5.53. The first-order chi connectivity index (χ1) is 8.38. The van der Waals surface area contributed by atoms with E-state index < -0.39 is 11.3 Å². The van der Waals surface area contributed by atoms with Gasteiger partial charge in [0.25, 0.3) is 5.91 Å². The second-order valence-corrected chi connectivity index (χ2v) is 4.66. The largest absolute Gasteiger partial charge is 0.507 e. The van der Waals surface area contributed by atoms with Crippen molar-refractivity contribution in [1.29, 1.82) is 0 Å². The van der Waals surface area contributed by atoms with Crippen molar-refractivity contribution in [2.75, 3.05) is 13.6 Å². The normalized spacial score (nSPS) is 10.8. The summed E-state index contributed by atoms with van der Waals surface area (Å²) in [4.78, 5) is 23.4. The smallest absolute Gasteiger partial charge is 0.255 e. The van der Waals surface area contributed by atoms with E-state index in [0.717, 1.165) is 0 Å². The summed E-state index contributed by atoms with van der Waals surface area (Å²) >= 11 is 0. The summed E-state index contributed by atoms with van der Waals surface area (Å²) in [6, 6.07) is 6.27. The molecule has 0 unspecified atom stereocenters. The summed E-state index contributed by atoms with van der Waals surface area (Å²) in [6.45, 7) is 3.66. The molecule has 1 aromatic carbocycles. The van der Waals surface area contributed by atoms with Gasteiger partial charge in [-0.1, -0.05) is 12.1 Å². The number of rotatable bonds is 4. The first-order valence-corrected chi connectivity index (χ1v) is 5.67. The average Bonchev–Trinajstić information content (AvgIpc) is 2.35. The van der Waals surface area contributed by atoms with Gasteiger partial charge < -0.3 is 15.7 Å². The van der Waals surface area contributed by atoms with Gasteiger partial charge in [-0.05, 0) is 26.0 Å². The number of para-hydroxylation sites is 1. The topological polar surface area (TPSA) is 78.4 Å². The van der Waals surface area contributed by atoms with Crippen LogP contribution in [0.5, 0.6) is 5.75 Å². The Morgan fingerprint density at radius 3 is 2.44 bits per heavy atom. The Morgan fingerprint density at radius 2 is 1.89 bits per heavy atom. The molecular weight excluding hydrogens is 232 g/mol. The van der Waals surface area contributed by atoms with Crippen molar-refractivity contribution < 1.29 is 14.7 Å². The molecule has 0 saturated heterocycles. The maximum atomic E-state index is 11.8. The summed E-state index contributed by atoms with van der Waals surface area (Å²) in [5.74, 6) is -0.627. The third-order valence-electron chi connectivity index (χ3n) is 2.68. The van der Waals surface area contributed by atoms with Gasteiger partial charge in [0, 0.05) is 13.6 Å². The highest BCUT2D eigenvalue weighted by Crippen LogP contribution is 2.17. The predicted molar refractivity (Wildman–Crippen MR) is 68.3 cm³/mol. The average molecular weight is 250 g/mol. The summed E-state index contributed by atoms with van der Waals surface area (Å²) in [7, 11) is 1.55. The number of phenols is 1. The van der Waals surface area contributed by atoms with E-state index in [-0.39, 0.29) is 23.8 Å². The molecule has 5 nitrogen and oxygen atoms in total. The first kappa shape index (κ1) is 14.0. The number of aromatic hydroxyl groups is 1. The number of amides is 2. The van der Waals surface area contributed by atoms with Crippen LogP contribution < -0.4 is 10.6 Å². The maximum Gasteiger partial charge on any atom is 0.255 e. The van der Waals surface area contributed by atoms with Crippen LogP contribution >= 0.6 is 0 Å². The van der Waals surface area contributed by atoms with Crippen molar-refractivity contribution in [2.24, 2.45) is 5.41 Å². The highest BCUT2D eigenvalue weighted by molar-refractivity contribution is 5.97. The number of carbonyl (C=O) groups excluding carboxylic acids is 2. The van der Waals surface area contributed by atoms with Crippen LogP contribution in [0, 0.1) is 5.41 Å². The van der Waals surface area contributed by atoms with Crippen LogP contribution in [0.2, 0.25) is 0 Å². The third-order valence-corrected chi connectivity index (χ3v) is 2.68. The second-order valence-electron chi connectivity index (χ2n) is 4.66. The molecule has 1 aromatic rings. The Morgan fingerprint density at radius 1 is 1.28 bits per heavy atom. The predicted octanol–water partition coefficient (Wildman–Crippen LogP) is 0.894. The first-order valence-electron chi connectivity index (χ1n) is 5.67. The summed E-state index contributed by atoms with van der Waals surface area (Å²) in [6.07, 6.45) is 0. The zero-order chi connectivity index (χ0) is 13.8. The summed E-state index contributed by atoms with van der Waals surface area (Å²) in [5, 5.41) is 14.7. The molecule has 0 bridgehead atoms. The van der Waals surface area contributed by atoms with Crippen molar-refractivity contribution in [3.05, 3.63) is 29.8 Å². The number of phenolic OH excluding ortho intramolecular Hbond substituents is 1. The molecule has 0 aromatic heterocycles. The van der Waals surface area contributed by atoms with Gasteiger partial charge in [-0.15, -0.1) is 0 Å². The van der Waals surface area contributed by atoms with Crippen molar-refractivity contribution in [3.8, 4) is 5.75 Å². The van der Waals surface area contributed by atoms with Gasteiger partial charge in [-0.25, -0.2) is 0 Å². The Hall–Kier alpha value is -2.04. The molecule has 0 atom stereocenters. The van der Waals surface area contributed by atoms with Crippen LogP contribution in [-0.4, -0.2) is 30.5 Å². The highest BCUT2D eigenvalue weighted by Gasteiger charge is 2.27. The molecule has 0 radical (unpaired) electrons. The van der Waals surface area contributed by atoms with E-state index in [2.05, 4.69) is 10.6 Å². The number of hydrogen-bond donors (Lipinski definition) is 3. The lowest BCUT2D eigenvalue weighted by Crippen LogP contribution is -2.43. The van der Waals surface area contributed by atoms with Crippen LogP contribution in [0.15, 0.2) is 24.3 Å². The minimum atomic E-state index is -0.700. The molecule has 98 valence electrons. The molecule has 5 heteroatoms. The van der Waals surface area contributed by atoms with Crippen LogP contribution in [0.25, 0.3) is 0 Å². The van der Waals surface area contributed by atoms with Crippen LogP contribution in [0.1, 0.15) is 24.2 Å². The fourth-order valence-electron chi connectivity index (χ4n) is 1.48.